The molecule has 0 spiro atoms. The van der Waals surface area contributed by atoms with E-state index in [1.165, 1.54) is 4.90 Å². The van der Waals surface area contributed by atoms with Gasteiger partial charge in [-0.2, -0.15) is 5.10 Å². The van der Waals surface area contributed by atoms with E-state index in [0.717, 1.165) is 11.4 Å². The smallest absolute Gasteiger partial charge is 0.224 e. The Kier molecular flexibility index (Phi) is 3.68. The maximum Gasteiger partial charge on any atom is 0.224 e. The van der Waals surface area contributed by atoms with Crippen LogP contribution in [0.3, 0.4) is 0 Å². The number of nitrogens with zero attached hydrogens (tertiary/aromatic N) is 3. The van der Waals surface area contributed by atoms with E-state index < -0.39 is 12.2 Å². The summed E-state index contributed by atoms with van der Waals surface area (Å²) in [5.74, 6) is -0.0573. The standard InChI is InChI=1S/C12H19N3O3/c1-8-5-9(2)15(13-8)4-3-12(18)14-6-10(16)11(17)7-14/h5,10-11,16-17H,3-4,6-7H2,1-2H3. The molecule has 1 aliphatic heterocycles. The Morgan fingerprint density at radius 2 is 2.00 bits per heavy atom. The molecule has 0 aliphatic carbocycles. The Labute approximate surface area is 106 Å². The van der Waals surface area contributed by atoms with Crippen LogP contribution in [0.1, 0.15) is 17.8 Å². The maximum absolute atomic E-state index is 11.9. The molecule has 1 fully saturated rings. The maximum atomic E-state index is 11.9. The average Bonchev–Trinajstić information content (AvgIpc) is 2.79. The van der Waals surface area contributed by atoms with Gasteiger partial charge in [0.2, 0.25) is 5.91 Å². The monoisotopic (exact) mass is 253 g/mol. The van der Waals surface area contributed by atoms with Crippen LogP contribution in [0.15, 0.2) is 6.07 Å². The number of aromatic nitrogens is 2. The molecule has 2 N–H and O–H groups in total. The van der Waals surface area contributed by atoms with Gasteiger partial charge in [0, 0.05) is 31.7 Å². The zero-order valence-electron chi connectivity index (χ0n) is 10.7. The van der Waals surface area contributed by atoms with E-state index in [1.54, 1.807) is 4.68 Å². The summed E-state index contributed by atoms with van der Waals surface area (Å²) in [6, 6.07) is 1.97. The average molecular weight is 253 g/mol. The predicted molar refractivity (Wildman–Crippen MR) is 64.9 cm³/mol. The molecule has 18 heavy (non-hydrogen) atoms. The van der Waals surface area contributed by atoms with Crippen molar-refractivity contribution in [3.63, 3.8) is 0 Å². The van der Waals surface area contributed by atoms with Gasteiger partial charge < -0.3 is 15.1 Å². The van der Waals surface area contributed by atoms with Gasteiger partial charge in [-0.25, -0.2) is 0 Å². The summed E-state index contributed by atoms with van der Waals surface area (Å²) in [6.07, 6.45) is -1.30. The van der Waals surface area contributed by atoms with Crippen LogP contribution in [0.5, 0.6) is 0 Å². The number of aliphatic hydroxyl groups excluding tert-OH is 2. The molecule has 0 aromatic carbocycles. The molecule has 100 valence electrons. The van der Waals surface area contributed by atoms with Crippen molar-refractivity contribution in [3.8, 4) is 0 Å². The van der Waals surface area contributed by atoms with Crippen LogP contribution in [-0.4, -0.2) is 56.1 Å². The van der Waals surface area contributed by atoms with Crippen LogP contribution >= 0.6 is 0 Å². The van der Waals surface area contributed by atoms with Crippen molar-refractivity contribution in [1.29, 1.82) is 0 Å². The molecule has 2 rings (SSSR count). The summed E-state index contributed by atoms with van der Waals surface area (Å²) < 4.78 is 1.80. The molecule has 1 amide bonds. The molecule has 6 nitrogen and oxygen atoms in total. The second-order valence-corrected chi connectivity index (χ2v) is 4.83. The zero-order valence-corrected chi connectivity index (χ0v) is 10.7. The molecule has 1 saturated heterocycles. The van der Waals surface area contributed by atoms with Gasteiger partial charge in [-0.3, -0.25) is 9.48 Å². The summed E-state index contributed by atoms with van der Waals surface area (Å²) in [6.45, 7) is 4.84. The van der Waals surface area contributed by atoms with Crippen molar-refractivity contribution >= 4 is 5.91 Å². The van der Waals surface area contributed by atoms with E-state index in [2.05, 4.69) is 5.10 Å². The van der Waals surface area contributed by atoms with Gasteiger partial charge >= 0.3 is 0 Å². The van der Waals surface area contributed by atoms with Crippen LogP contribution in [0, 0.1) is 13.8 Å². The van der Waals surface area contributed by atoms with Crippen LogP contribution in [0.25, 0.3) is 0 Å². The highest BCUT2D eigenvalue weighted by Gasteiger charge is 2.32. The third-order valence-corrected chi connectivity index (χ3v) is 3.25. The lowest BCUT2D eigenvalue weighted by molar-refractivity contribution is -0.131. The summed E-state index contributed by atoms with van der Waals surface area (Å²) in [5, 5.41) is 23.1. The summed E-state index contributed by atoms with van der Waals surface area (Å²) in [7, 11) is 0. The first-order chi connectivity index (χ1) is 8.47. The van der Waals surface area contributed by atoms with Gasteiger partial charge in [0.15, 0.2) is 0 Å². The fraction of sp³-hybridized carbons (Fsp3) is 0.667. The Bertz CT molecular complexity index is 434. The van der Waals surface area contributed by atoms with Crippen molar-refractivity contribution < 1.29 is 15.0 Å². The number of hydrogen-bond acceptors (Lipinski definition) is 4. The Morgan fingerprint density at radius 3 is 2.50 bits per heavy atom. The number of hydrogen-bond donors (Lipinski definition) is 2. The van der Waals surface area contributed by atoms with Gasteiger partial charge in [0.25, 0.3) is 0 Å². The second-order valence-electron chi connectivity index (χ2n) is 4.83. The highest BCUT2D eigenvalue weighted by atomic mass is 16.3. The molecule has 1 aromatic heterocycles. The van der Waals surface area contributed by atoms with Crippen molar-refractivity contribution in [1.82, 2.24) is 14.7 Å². The molecule has 0 bridgehead atoms. The van der Waals surface area contributed by atoms with E-state index in [4.69, 9.17) is 0 Å². The lowest BCUT2D eigenvalue weighted by atomic mass is 10.3. The molecule has 0 saturated carbocycles. The minimum absolute atomic E-state index is 0.0573. The third-order valence-electron chi connectivity index (χ3n) is 3.25. The molecular weight excluding hydrogens is 234 g/mol. The van der Waals surface area contributed by atoms with E-state index in [-0.39, 0.29) is 19.0 Å². The minimum atomic E-state index is -0.817. The molecule has 2 unspecified atom stereocenters. The molecule has 2 heterocycles. The number of aryl methyl sites for hydroxylation is 3. The van der Waals surface area contributed by atoms with Gasteiger partial charge in [-0.1, -0.05) is 0 Å². The molecule has 1 aromatic rings. The number of amides is 1. The second kappa shape index (κ2) is 5.07. The lowest BCUT2D eigenvalue weighted by Crippen LogP contribution is -2.30. The van der Waals surface area contributed by atoms with Gasteiger partial charge in [0.05, 0.1) is 17.9 Å². The number of carbonyl (C=O) groups is 1. The topological polar surface area (TPSA) is 78.6 Å². The Hall–Kier alpha value is -1.40. The summed E-state index contributed by atoms with van der Waals surface area (Å²) >= 11 is 0. The number of β-amino-alcohol motifs (C(OH)–C–C–N with tert-alkyl or cyclic N) is 2. The van der Waals surface area contributed by atoms with Gasteiger partial charge in [-0.15, -0.1) is 0 Å². The summed E-state index contributed by atoms with van der Waals surface area (Å²) in [4.78, 5) is 13.4. The van der Waals surface area contributed by atoms with Crippen LogP contribution in [-0.2, 0) is 11.3 Å². The predicted octanol–water partition coefficient (Wildman–Crippen LogP) is -0.546. The molecule has 0 radical (unpaired) electrons. The zero-order chi connectivity index (χ0) is 13.3. The van der Waals surface area contributed by atoms with Gasteiger partial charge in [0.1, 0.15) is 0 Å². The molecule has 1 aliphatic rings. The van der Waals surface area contributed by atoms with E-state index in [1.807, 2.05) is 19.9 Å². The highest BCUT2D eigenvalue weighted by Crippen LogP contribution is 2.12. The van der Waals surface area contributed by atoms with Gasteiger partial charge in [-0.05, 0) is 19.9 Å². The highest BCUT2D eigenvalue weighted by molar-refractivity contribution is 5.76. The van der Waals surface area contributed by atoms with Crippen molar-refractivity contribution in [3.05, 3.63) is 17.5 Å². The van der Waals surface area contributed by atoms with Crippen LogP contribution in [0.2, 0.25) is 0 Å². The van der Waals surface area contributed by atoms with Crippen LogP contribution in [0.4, 0.5) is 0 Å². The number of likely N-dealkylation sites (tertiary alicyclic amines) is 1. The normalized spacial score (nSPS) is 23.7. The van der Waals surface area contributed by atoms with Crippen molar-refractivity contribution in [2.75, 3.05) is 13.1 Å². The first-order valence-corrected chi connectivity index (χ1v) is 6.12. The number of aliphatic hydroxyl groups is 2. The SMILES string of the molecule is Cc1cc(C)n(CCC(=O)N2CC(O)C(O)C2)n1. The van der Waals surface area contributed by atoms with Crippen LogP contribution < -0.4 is 0 Å². The van der Waals surface area contributed by atoms with E-state index in [9.17, 15) is 15.0 Å². The van der Waals surface area contributed by atoms with E-state index >= 15 is 0 Å². The Morgan fingerprint density at radius 1 is 1.39 bits per heavy atom. The van der Waals surface area contributed by atoms with E-state index in [0.29, 0.717) is 13.0 Å². The number of rotatable bonds is 3. The molecule has 2 atom stereocenters. The molecular formula is C12H19N3O3. The number of carbonyl (C=O) groups excluding carboxylic acids is 1. The minimum Gasteiger partial charge on any atom is -0.388 e. The first-order valence-electron chi connectivity index (χ1n) is 6.12. The first kappa shape index (κ1) is 13.0. The summed E-state index contributed by atoms with van der Waals surface area (Å²) in [5.41, 5.74) is 1.97. The lowest BCUT2D eigenvalue weighted by Gasteiger charge is -2.15. The fourth-order valence-electron chi connectivity index (χ4n) is 2.23. The fourth-order valence-corrected chi connectivity index (χ4v) is 2.23. The third kappa shape index (κ3) is 2.70. The Balaban J connectivity index is 1.87. The van der Waals surface area contributed by atoms with Crippen molar-refractivity contribution in [2.24, 2.45) is 0 Å². The largest absolute Gasteiger partial charge is 0.388 e. The quantitative estimate of drug-likeness (QED) is 0.758. The van der Waals surface area contributed by atoms with Crippen molar-refractivity contribution in [2.45, 2.75) is 39.0 Å². The molecule has 6 heteroatoms.